The molecule has 1 aromatic rings. The Morgan fingerprint density at radius 1 is 1.26 bits per heavy atom. The molecule has 0 radical (unpaired) electrons. The highest BCUT2D eigenvalue weighted by atomic mass is 35.5. The molecule has 0 unspecified atom stereocenters. The second-order valence-corrected chi connectivity index (χ2v) is 7.01. The summed E-state index contributed by atoms with van der Waals surface area (Å²) in [5, 5.41) is 0.297. The first-order valence-corrected chi connectivity index (χ1v) is 7.99. The number of rotatable bonds is 2. The molecule has 4 nitrogen and oxygen atoms in total. The van der Waals surface area contributed by atoms with Gasteiger partial charge in [0.05, 0.1) is 28.0 Å². The maximum absolute atomic E-state index is 12.5. The zero-order chi connectivity index (χ0) is 13.5. The SMILES string of the molecule is O=S1(=O)C(CN2CCOCC2)=Cc2cccc(Cl)c21. The number of hydrogen-bond donors (Lipinski definition) is 0. The largest absolute Gasteiger partial charge is 0.379 e. The summed E-state index contributed by atoms with van der Waals surface area (Å²) in [5.74, 6) is 0. The molecule has 1 fully saturated rings. The maximum Gasteiger partial charge on any atom is 0.206 e. The molecule has 0 aliphatic carbocycles. The Morgan fingerprint density at radius 3 is 2.68 bits per heavy atom. The summed E-state index contributed by atoms with van der Waals surface area (Å²) in [5.41, 5.74) is 0.691. The molecule has 0 amide bonds. The lowest BCUT2D eigenvalue weighted by Gasteiger charge is -2.26. The number of halogens is 1. The third-order valence-corrected chi connectivity index (χ3v) is 5.77. The van der Waals surface area contributed by atoms with Crippen LogP contribution in [0, 0.1) is 0 Å². The molecule has 0 spiro atoms. The molecule has 0 aromatic heterocycles. The molecular weight excluding hydrogens is 286 g/mol. The van der Waals surface area contributed by atoms with Crippen LogP contribution in [-0.4, -0.2) is 46.2 Å². The van der Waals surface area contributed by atoms with E-state index in [1.54, 1.807) is 24.3 Å². The fraction of sp³-hybridized carbons (Fsp3) is 0.385. The van der Waals surface area contributed by atoms with Gasteiger partial charge in [0.15, 0.2) is 0 Å². The predicted molar refractivity (Wildman–Crippen MR) is 73.9 cm³/mol. The Balaban J connectivity index is 1.91. The fourth-order valence-corrected chi connectivity index (χ4v) is 4.56. The van der Waals surface area contributed by atoms with Gasteiger partial charge in [-0.15, -0.1) is 0 Å². The molecule has 19 heavy (non-hydrogen) atoms. The minimum Gasteiger partial charge on any atom is -0.379 e. The van der Waals surface area contributed by atoms with Crippen LogP contribution in [0.2, 0.25) is 5.02 Å². The van der Waals surface area contributed by atoms with Crippen molar-refractivity contribution in [2.24, 2.45) is 0 Å². The van der Waals surface area contributed by atoms with Crippen molar-refractivity contribution in [3.63, 3.8) is 0 Å². The number of nitrogens with zero attached hydrogens (tertiary/aromatic N) is 1. The van der Waals surface area contributed by atoms with Crippen LogP contribution in [-0.2, 0) is 14.6 Å². The normalized spacial score (nSPS) is 22.1. The second-order valence-electron chi connectivity index (χ2n) is 4.66. The molecule has 102 valence electrons. The number of hydrogen-bond acceptors (Lipinski definition) is 4. The van der Waals surface area contributed by atoms with Crippen molar-refractivity contribution in [2.45, 2.75) is 4.90 Å². The van der Waals surface area contributed by atoms with E-state index in [9.17, 15) is 8.42 Å². The Labute approximate surface area is 117 Å². The van der Waals surface area contributed by atoms with Crippen molar-refractivity contribution in [1.82, 2.24) is 4.90 Å². The smallest absolute Gasteiger partial charge is 0.206 e. The highest BCUT2D eigenvalue weighted by molar-refractivity contribution is 7.96. The predicted octanol–water partition coefficient (Wildman–Crippen LogP) is 1.80. The number of fused-ring (bicyclic) bond motifs is 1. The fourth-order valence-electron chi connectivity index (χ4n) is 2.42. The van der Waals surface area contributed by atoms with Crippen molar-refractivity contribution in [1.29, 1.82) is 0 Å². The van der Waals surface area contributed by atoms with E-state index in [1.807, 2.05) is 0 Å². The average molecular weight is 300 g/mol. The summed E-state index contributed by atoms with van der Waals surface area (Å²) in [6.45, 7) is 3.26. The summed E-state index contributed by atoms with van der Waals surface area (Å²) >= 11 is 6.02. The molecule has 0 atom stereocenters. The number of ether oxygens (including phenoxy) is 1. The van der Waals surface area contributed by atoms with E-state index in [-0.39, 0.29) is 4.90 Å². The van der Waals surface area contributed by atoms with Crippen LogP contribution in [0.15, 0.2) is 28.0 Å². The lowest BCUT2D eigenvalue weighted by Crippen LogP contribution is -2.38. The lowest BCUT2D eigenvalue weighted by molar-refractivity contribution is 0.0430. The zero-order valence-corrected chi connectivity index (χ0v) is 11.9. The van der Waals surface area contributed by atoms with Crippen molar-refractivity contribution in [2.75, 3.05) is 32.8 Å². The van der Waals surface area contributed by atoms with Gasteiger partial charge in [0, 0.05) is 19.6 Å². The van der Waals surface area contributed by atoms with Gasteiger partial charge in [-0.05, 0) is 17.7 Å². The third-order valence-electron chi connectivity index (χ3n) is 3.41. The molecule has 1 saturated heterocycles. The maximum atomic E-state index is 12.5. The Bertz CT molecular complexity index is 633. The molecule has 0 saturated carbocycles. The third kappa shape index (κ3) is 2.31. The van der Waals surface area contributed by atoms with Gasteiger partial charge in [-0.25, -0.2) is 8.42 Å². The quantitative estimate of drug-likeness (QED) is 0.835. The van der Waals surface area contributed by atoms with E-state index < -0.39 is 9.84 Å². The Kier molecular flexibility index (Phi) is 3.39. The van der Waals surface area contributed by atoms with Gasteiger partial charge in [0.2, 0.25) is 9.84 Å². The van der Waals surface area contributed by atoms with Gasteiger partial charge in [-0.3, -0.25) is 4.90 Å². The van der Waals surface area contributed by atoms with Gasteiger partial charge in [-0.2, -0.15) is 0 Å². The van der Waals surface area contributed by atoms with E-state index in [0.29, 0.717) is 35.2 Å². The summed E-state index contributed by atoms with van der Waals surface area (Å²) in [7, 11) is -3.43. The first-order chi connectivity index (χ1) is 9.09. The van der Waals surface area contributed by atoms with Crippen LogP contribution in [0.4, 0.5) is 0 Å². The second kappa shape index (κ2) is 4.90. The van der Waals surface area contributed by atoms with Crippen LogP contribution in [0.1, 0.15) is 5.56 Å². The topological polar surface area (TPSA) is 46.6 Å². The van der Waals surface area contributed by atoms with Crippen molar-refractivity contribution in [3.8, 4) is 0 Å². The van der Waals surface area contributed by atoms with Crippen LogP contribution >= 0.6 is 11.6 Å². The summed E-state index contributed by atoms with van der Waals surface area (Å²) in [6.07, 6.45) is 1.73. The lowest BCUT2D eigenvalue weighted by atomic mass is 10.2. The molecule has 1 aromatic carbocycles. The highest BCUT2D eigenvalue weighted by Gasteiger charge is 2.32. The van der Waals surface area contributed by atoms with E-state index in [0.717, 1.165) is 13.1 Å². The Morgan fingerprint density at radius 2 is 2.00 bits per heavy atom. The van der Waals surface area contributed by atoms with Crippen molar-refractivity contribution >= 4 is 27.5 Å². The Hall–Kier alpha value is -0.880. The summed E-state index contributed by atoms with van der Waals surface area (Å²) in [4.78, 5) is 2.77. The molecule has 0 N–H and O–H groups in total. The molecule has 0 bridgehead atoms. The summed E-state index contributed by atoms with van der Waals surface area (Å²) in [6, 6.07) is 5.17. The monoisotopic (exact) mass is 299 g/mol. The first kappa shape index (κ1) is 13.1. The van der Waals surface area contributed by atoms with Gasteiger partial charge in [0.25, 0.3) is 0 Å². The van der Waals surface area contributed by atoms with Crippen LogP contribution in [0.3, 0.4) is 0 Å². The van der Waals surface area contributed by atoms with E-state index >= 15 is 0 Å². The van der Waals surface area contributed by atoms with Crippen LogP contribution in [0.5, 0.6) is 0 Å². The zero-order valence-electron chi connectivity index (χ0n) is 10.3. The molecule has 2 aliphatic rings. The van der Waals surface area contributed by atoms with E-state index in [2.05, 4.69) is 4.90 Å². The molecule has 3 rings (SSSR count). The molecule has 2 heterocycles. The van der Waals surface area contributed by atoms with Gasteiger partial charge >= 0.3 is 0 Å². The van der Waals surface area contributed by atoms with Crippen LogP contribution in [0.25, 0.3) is 6.08 Å². The standard InChI is InChI=1S/C13H14ClNO3S/c14-12-3-1-2-10-8-11(19(16,17)13(10)12)9-15-4-6-18-7-5-15/h1-3,8H,4-7,9H2. The van der Waals surface area contributed by atoms with E-state index in [1.165, 1.54) is 0 Å². The number of sulfone groups is 1. The highest BCUT2D eigenvalue weighted by Crippen LogP contribution is 2.37. The molecule has 6 heteroatoms. The molecule has 2 aliphatic heterocycles. The minimum absolute atomic E-state index is 0.250. The van der Waals surface area contributed by atoms with Crippen LogP contribution < -0.4 is 0 Å². The number of morpholine rings is 1. The van der Waals surface area contributed by atoms with Crippen molar-refractivity contribution in [3.05, 3.63) is 33.7 Å². The summed E-state index contributed by atoms with van der Waals surface area (Å²) < 4.78 is 30.2. The van der Waals surface area contributed by atoms with Gasteiger partial charge in [0.1, 0.15) is 0 Å². The van der Waals surface area contributed by atoms with Crippen molar-refractivity contribution < 1.29 is 13.2 Å². The van der Waals surface area contributed by atoms with E-state index in [4.69, 9.17) is 16.3 Å². The minimum atomic E-state index is -3.43. The number of benzene rings is 1. The molecular formula is C13H14ClNO3S. The first-order valence-electron chi connectivity index (χ1n) is 6.13. The van der Waals surface area contributed by atoms with Gasteiger partial charge < -0.3 is 4.74 Å². The average Bonchev–Trinajstić information content (AvgIpc) is 2.63. The van der Waals surface area contributed by atoms with Gasteiger partial charge in [-0.1, -0.05) is 23.7 Å².